The number of para-hydroxylation sites is 1. The van der Waals surface area contributed by atoms with Gasteiger partial charge in [0.05, 0.1) is 5.75 Å². The van der Waals surface area contributed by atoms with Crippen LogP contribution in [0, 0.1) is 0 Å². The molecule has 1 aliphatic rings. The van der Waals surface area contributed by atoms with Gasteiger partial charge >= 0.3 is 0 Å². The molecule has 1 fully saturated rings. The lowest BCUT2D eigenvalue weighted by atomic mass is 10.1. The molecule has 20 heavy (non-hydrogen) atoms. The summed E-state index contributed by atoms with van der Waals surface area (Å²) in [5.41, 5.74) is 3.45. The Morgan fingerprint density at radius 2 is 2.20 bits per heavy atom. The number of carbonyl (C=O) groups excluding carboxylic acids is 1. The zero-order valence-electron chi connectivity index (χ0n) is 11.8. The molecule has 3 rings (SSSR count). The lowest BCUT2D eigenvalue weighted by molar-refractivity contribution is -0.127. The summed E-state index contributed by atoms with van der Waals surface area (Å²) in [4.78, 5) is 14.0. The smallest absolute Gasteiger partial charge is 0.234 e. The Bertz CT molecular complexity index is 689. The number of nitrogens with zero attached hydrogens (tertiary/aromatic N) is 2. The highest BCUT2D eigenvalue weighted by atomic mass is 32.2. The molecule has 0 saturated carbocycles. The minimum atomic E-state index is 0.102. The summed E-state index contributed by atoms with van der Waals surface area (Å²) < 4.78 is 2.13. The highest BCUT2D eigenvalue weighted by Gasteiger charge is 2.34. The van der Waals surface area contributed by atoms with E-state index in [1.54, 1.807) is 11.8 Å². The van der Waals surface area contributed by atoms with Gasteiger partial charge in [0.15, 0.2) is 0 Å². The molecule has 0 N–H and O–H groups in total. The predicted molar refractivity (Wildman–Crippen MR) is 84.6 cm³/mol. The Balaban J connectivity index is 2.06. The second-order valence-corrected chi connectivity index (χ2v) is 6.42. The van der Waals surface area contributed by atoms with Crippen LogP contribution >= 0.6 is 11.8 Å². The first-order chi connectivity index (χ1) is 9.58. The molecule has 4 heteroatoms. The van der Waals surface area contributed by atoms with Gasteiger partial charge in [-0.25, -0.2) is 0 Å². The summed E-state index contributed by atoms with van der Waals surface area (Å²) in [5.74, 6) is 0.761. The van der Waals surface area contributed by atoms with Crippen LogP contribution in [-0.4, -0.2) is 27.7 Å². The Hall–Kier alpha value is -1.68. The molecule has 1 atom stereocenters. The normalized spacial score (nSPS) is 19.0. The first kappa shape index (κ1) is 13.3. The van der Waals surface area contributed by atoms with Crippen molar-refractivity contribution >= 4 is 28.6 Å². The van der Waals surface area contributed by atoms with Crippen LogP contribution in [-0.2, 0) is 11.8 Å². The Morgan fingerprint density at radius 3 is 2.95 bits per heavy atom. The molecular weight excluding hydrogens is 268 g/mol. The van der Waals surface area contributed by atoms with Gasteiger partial charge in [0.25, 0.3) is 0 Å². The lowest BCUT2D eigenvalue weighted by Gasteiger charge is -2.23. The predicted octanol–water partition coefficient (Wildman–Crippen LogP) is 3.33. The van der Waals surface area contributed by atoms with E-state index in [-0.39, 0.29) is 11.3 Å². The van der Waals surface area contributed by atoms with E-state index in [0.717, 1.165) is 5.57 Å². The third-order valence-electron chi connectivity index (χ3n) is 3.60. The number of carbonyl (C=O) groups is 1. The quantitative estimate of drug-likeness (QED) is 0.809. The van der Waals surface area contributed by atoms with E-state index in [1.165, 1.54) is 16.5 Å². The van der Waals surface area contributed by atoms with Crippen molar-refractivity contribution in [3.63, 3.8) is 0 Å². The van der Waals surface area contributed by atoms with Gasteiger partial charge < -0.3 is 9.47 Å². The first-order valence-corrected chi connectivity index (χ1v) is 7.72. The van der Waals surface area contributed by atoms with E-state index in [4.69, 9.17) is 0 Å². The SMILES string of the molecule is C=C(C)CN1C(=O)CSC1c1cn(C)c2ccccc12. The van der Waals surface area contributed by atoms with Crippen molar-refractivity contribution in [2.45, 2.75) is 12.3 Å². The number of amides is 1. The van der Waals surface area contributed by atoms with Gasteiger partial charge in [0, 0.05) is 36.3 Å². The monoisotopic (exact) mass is 286 g/mol. The van der Waals surface area contributed by atoms with Crippen molar-refractivity contribution < 1.29 is 4.79 Å². The van der Waals surface area contributed by atoms with E-state index >= 15 is 0 Å². The van der Waals surface area contributed by atoms with Crippen LogP contribution < -0.4 is 0 Å². The number of hydrogen-bond donors (Lipinski definition) is 0. The van der Waals surface area contributed by atoms with E-state index in [9.17, 15) is 4.79 Å². The van der Waals surface area contributed by atoms with Crippen LogP contribution in [0.5, 0.6) is 0 Å². The van der Waals surface area contributed by atoms with Crippen molar-refractivity contribution in [3.05, 3.63) is 48.2 Å². The van der Waals surface area contributed by atoms with Crippen molar-refractivity contribution in [3.8, 4) is 0 Å². The minimum Gasteiger partial charge on any atom is -0.350 e. The molecule has 1 aliphatic heterocycles. The maximum absolute atomic E-state index is 12.1. The van der Waals surface area contributed by atoms with Gasteiger partial charge in [-0.3, -0.25) is 4.79 Å². The third kappa shape index (κ3) is 2.14. The molecule has 1 amide bonds. The summed E-state index contributed by atoms with van der Waals surface area (Å²) >= 11 is 1.70. The maximum Gasteiger partial charge on any atom is 0.234 e. The fourth-order valence-electron chi connectivity index (χ4n) is 2.74. The highest BCUT2D eigenvalue weighted by Crippen LogP contribution is 2.42. The fraction of sp³-hybridized carbons (Fsp3) is 0.312. The van der Waals surface area contributed by atoms with Crippen LogP contribution in [0.2, 0.25) is 0 Å². The summed E-state index contributed by atoms with van der Waals surface area (Å²) in [6.45, 7) is 6.55. The summed E-state index contributed by atoms with van der Waals surface area (Å²) in [6.07, 6.45) is 2.15. The molecule has 1 aromatic heterocycles. The van der Waals surface area contributed by atoms with Gasteiger partial charge in [-0.1, -0.05) is 30.4 Å². The average Bonchev–Trinajstić information content (AvgIpc) is 2.92. The van der Waals surface area contributed by atoms with E-state index in [2.05, 4.69) is 42.6 Å². The molecular formula is C16H18N2OS. The minimum absolute atomic E-state index is 0.102. The molecule has 1 unspecified atom stereocenters. The summed E-state index contributed by atoms with van der Waals surface area (Å²) in [7, 11) is 2.05. The van der Waals surface area contributed by atoms with E-state index in [0.29, 0.717) is 12.3 Å². The van der Waals surface area contributed by atoms with Crippen LogP contribution in [0.25, 0.3) is 10.9 Å². The lowest BCUT2D eigenvalue weighted by Crippen LogP contribution is -2.29. The highest BCUT2D eigenvalue weighted by molar-refractivity contribution is 8.00. The molecule has 0 radical (unpaired) electrons. The van der Waals surface area contributed by atoms with Gasteiger partial charge in [0.1, 0.15) is 5.37 Å². The van der Waals surface area contributed by atoms with Crippen molar-refractivity contribution in [1.29, 1.82) is 0 Å². The largest absolute Gasteiger partial charge is 0.350 e. The topological polar surface area (TPSA) is 25.2 Å². The van der Waals surface area contributed by atoms with Crippen molar-refractivity contribution in [2.75, 3.05) is 12.3 Å². The maximum atomic E-state index is 12.1. The number of aromatic nitrogens is 1. The fourth-order valence-corrected chi connectivity index (χ4v) is 3.95. The average molecular weight is 286 g/mol. The van der Waals surface area contributed by atoms with Gasteiger partial charge in [-0.2, -0.15) is 0 Å². The van der Waals surface area contributed by atoms with E-state index < -0.39 is 0 Å². The van der Waals surface area contributed by atoms with Crippen molar-refractivity contribution in [2.24, 2.45) is 7.05 Å². The van der Waals surface area contributed by atoms with Gasteiger partial charge in [0.2, 0.25) is 5.91 Å². The van der Waals surface area contributed by atoms with Gasteiger partial charge in [-0.05, 0) is 13.0 Å². The summed E-state index contributed by atoms with van der Waals surface area (Å²) in [6, 6.07) is 8.34. The van der Waals surface area contributed by atoms with Crippen LogP contribution in [0.3, 0.4) is 0 Å². The Kier molecular flexibility index (Phi) is 3.34. The zero-order chi connectivity index (χ0) is 14.3. The molecule has 0 aliphatic carbocycles. The second-order valence-electron chi connectivity index (χ2n) is 5.35. The van der Waals surface area contributed by atoms with E-state index in [1.807, 2.05) is 17.9 Å². The van der Waals surface area contributed by atoms with Crippen molar-refractivity contribution in [1.82, 2.24) is 9.47 Å². The van der Waals surface area contributed by atoms with Crippen LogP contribution in [0.15, 0.2) is 42.6 Å². The molecule has 104 valence electrons. The molecule has 1 saturated heterocycles. The molecule has 2 heterocycles. The molecule has 3 nitrogen and oxygen atoms in total. The summed E-state index contributed by atoms with van der Waals surface area (Å²) in [5, 5.41) is 1.33. The third-order valence-corrected chi connectivity index (χ3v) is 4.84. The molecule has 2 aromatic rings. The molecule has 0 spiro atoms. The van der Waals surface area contributed by atoms with Gasteiger partial charge in [-0.15, -0.1) is 11.8 Å². The first-order valence-electron chi connectivity index (χ1n) is 6.67. The Morgan fingerprint density at radius 1 is 1.45 bits per heavy atom. The second kappa shape index (κ2) is 5.02. The number of aryl methyl sites for hydroxylation is 1. The molecule has 0 bridgehead atoms. The zero-order valence-corrected chi connectivity index (χ0v) is 12.6. The van der Waals surface area contributed by atoms with Crippen LogP contribution in [0.4, 0.5) is 0 Å². The van der Waals surface area contributed by atoms with Crippen LogP contribution in [0.1, 0.15) is 17.9 Å². The number of rotatable bonds is 3. The number of fused-ring (bicyclic) bond motifs is 1. The number of benzene rings is 1. The standard InChI is InChI=1S/C16H18N2OS/c1-11(2)8-18-15(19)10-20-16(18)13-9-17(3)14-7-5-4-6-12(13)14/h4-7,9,16H,1,8,10H2,2-3H3. The number of hydrogen-bond acceptors (Lipinski definition) is 2. The Labute approximate surface area is 123 Å². The number of thioether (sulfide) groups is 1. The molecule has 1 aromatic carbocycles.